The van der Waals surface area contributed by atoms with Crippen molar-refractivity contribution in [3.63, 3.8) is 0 Å². The summed E-state index contributed by atoms with van der Waals surface area (Å²) in [6.07, 6.45) is 0. The molecule has 1 unspecified atom stereocenters. The van der Waals surface area contributed by atoms with Gasteiger partial charge in [0.2, 0.25) is 0 Å². The van der Waals surface area contributed by atoms with E-state index in [2.05, 4.69) is 0 Å². The van der Waals surface area contributed by atoms with Crippen LogP contribution in [0.15, 0.2) is 48.5 Å². The molecular formula is C14H12ClF. The minimum absolute atomic E-state index is 0.222. The van der Waals surface area contributed by atoms with Crippen LogP contribution in [-0.2, 0) is 0 Å². The van der Waals surface area contributed by atoms with Gasteiger partial charge in [-0.2, -0.15) is 0 Å². The molecule has 2 heteroatoms. The van der Waals surface area contributed by atoms with Crippen molar-refractivity contribution in [2.75, 3.05) is 0 Å². The Labute approximate surface area is 99.7 Å². The van der Waals surface area contributed by atoms with Gasteiger partial charge in [0.25, 0.3) is 0 Å². The maximum atomic E-state index is 12.8. The fourth-order valence-corrected chi connectivity index (χ4v) is 1.93. The first kappa shape index (κ1) is 11.2. The molecule has 0 nitrogen and oxygen atoms in total. The molecule has 0 aliphatic heterocycles. The smallest absolute Gasteiger partial charge is 0.123 e. The summed E-state index contributed by atoms with van der Waals surface area (Å²) in [7, 11) is 0. The van der Waals surface area contributed by atoms with Crippen LogP contribution in [0, 0.1) is 12.7 Å². The van der Waals surface area contributed by atoms with Gasteiger partial charge in [0.15, 0.2) is 0 Å². The van der Waals surface area contributed by atoms with E-state index in [1.165, 1.54) is 17.7 Å². The Kier molecular flexibility index (Phi) is 3.25. The number of benzene rings is 2. The highest BCUT2D eigenvalue weighted by atomic mass is 35.5. The summed E-state index contributed by atoms with van der Waals surface area (Å²) in [4.78, 5) is 0. The minimum atomic E-state index is -0.239. The Morgan fingerprint density at radius 2 is 1.69 bits per heavy atom. The van der Waals surface area contributed by atoms with Crippen LogP contribution in [0.4, 0.5) is 4.39 Å². The lowest BCUT2D eigenvalue weighted by molar-refractivity contribution is 0.627. The lowest BCUT2D eigenvalue weighted by Crippen LogP contribution is -1.93. The highest BCUT2D eigenvalue weighted by molar-refractivity contribution is 6.22. The second-order valence-corrected chi connectivity index (χ2v) is 4.26. The van der Waals surface area contributed by atoms with E-state index in [9.17, 15) is 4.39 Å². The molecule has 0 amide bonds. The first-order chi connectivity index (χ1) is 7.66. The number of halogens is 2. The number of aryl methyl sites for hydroxylation is 1. The van der Waals surface area contributed by atoms with E-state index in [0.29, 0.717) is 0 Å². The van der Waals surface area contributed by atoms with E-state index >= 15 is 0 Å². The molecule has 2 aromatic rings. The first-order valence-electron chi connectivity index (χ1n) is 5.13. The number of hydrogen-bond donors (Lipinski definition) is 0. The van der Waals surface area contributed by atoms with Gasteiger partial charge in [0.1, 0.15) is 5.82 Å². The first-order valence-corrected chi connectivity index (χ1v) is 5.56. The van der Waals surface area contributed by atoms with Gasteiger partial charge in [-0.1, -0.05) is 42.0 Å². The van der Waals surface area contributed by atoms with Crippen molar-refractivity contribution in [1.82, 2.24) is 0 Å². The molecule has 0 saturated carbocycles. The Morgan fingerprint density at radius 1 is 1.00 bits per heavy atom. The Morgan fingerprint density at radius 3 is 2.31 bits per heavy atom. The summed E-state index contributed by atoms with van der Waals surface area (Å²) in [6.45, 7) is 2.03. The zero-order valence-electron chi connectivity index (χ0n) is 8.95. The van der Waals surface area contributed by atoms with Crippen molar-refractivity contribution in [3.8, 4) is 0 Å². The molecular weight excluding hydrogens is 223 g/mol. The van der Waals surface area contributed by atoms with E-state index < -0.39 is 0 Å². The Balaban J connectivity index is 2.31. The standard InChI is InChI=1S/C14H12ClF/c1-10-3-2-4-12(9-10)14(15)11-5-7-13(16)8-6-11/h2-9,14H,1H3. The molecule has 0 aliphatic rings. The van der Waals surface area contributed by atoms with Crippen LogP contribution in [0.25, 0.3) is 0 Å². The molecule has 0 saturated heterocycles. The maximum absolute atomic E-state index is 12.8. The zero-order valence-corrected chi connectivity index (χ0v) is 9.71. The van der Waals surface area contributed by atoms with Gasteiger partial charge >= 0.3 is 0 Å². The Bertz CT molecular complexity index is 476. The molecule has 82 valence electrons. The van der Waals surface area contributed by atoms with Crippen LogP contribution in [0.1, 0.15) is 22.1 Å². The van der Waals surface area contributed by atoms with Crippen molar-refractivity contribution in [2.24, 2.45) is 0 Å². The van der Waals surface area contributed by atoms with E-state index in [1.807, 2.05) is 31.2 Å². The van der Waals surface area contributed by atoms with Gasteiger partial charge in [-0.15, -0.1) is 11.6 Å². The normalized spacial score (nSPS) is 12.4. The third kappa shape index (κ3) is 2.42. The van der Waals surface area contributed by atoms with Crippen molar-refractivity contribution in [2.45, 2.75) is 12.3 Å². The van der Waals surface area contributed by atoms with E-state index in [4.69, 9.17) is 11.6 Å². The van der Waals surface area contributed by atoms with Gasteiger partial charge < -0.3 is 0 Å². The van der Waals surface area contributed by atoms with Crippen LogP contribution in [-0.4, -0.2) is 0 Å². The van der Waals surface area contributed by atoms with Gasteiger partial charge in [-0.05, 0) is 30.2 Å². The molecule has 0 aromatic heterocycles. The maximum Gasteiger partial charge on any atom is 0.123 e. The third-order valence-electron chi connectivity index (χ3n) is 2.50. The molecule has 1 atom stereocenters. The van der Waals surface area contributed by atoms with Crippen molar-refractivity contribution >= 4 is 11.6 Å². The quantitative estimate of drug-likeness (QED) is 0.673. The summed E-state index contributed by atoms with van der Waals surface area (Å²) in [5.41, 5.74) is 3.12. The summed E-state index contributed by atoms with van der Waals surface area (Å²) >= 11 is 6.33. The lowest BCUT2D eigenvalue weighted by atomic mass is 10.0. The number of hydrogen-bond acceptors (Lipinski definition) is 0. The zero-order chi connectivity index (χ0) is 11.5. The largest absolute Gasteiger partial charge is 0.207 e. The highest BCUT2D eigenvalue weighted by Gasteiger charge is 2.10. The van der Waals surface area contributed by atoms with Gasteiger partial charge in [-0.25, -0.2) is 4.39 Å². The van der Waals surface area contributed by atoms with Crippen LogP contribution < -0.4 is 0 Å². The van der Waals surface area contributed by atoms with E-state index in [1.54, 1.807) is 12.1 Å². The number of alkyl halides is 1. The molecule has 0 heterocycles. The lowest BCUT2D eigenvalue weighted by Gasteiger charge is -2.10. The van der Waals surface area contributed by atoms with Crippen LogP contribution in [0.2, 0.25) is 0 Å². The summed E-state index contributed by atoms with van der Waals surface area (Å²) in [6, 6.07) is 14.3. The van der Waals surface area contributed by atoms with Crippen LogP contribution in [0.5, 0.6) is 0 Å². The molecule has 0 fully saturated rings. The monoisotopic (exact) mass is 234 g/mol. The third-order valence-corrected chi connectivity index (χ3v) is 3.00. The summed E-state index contributed by atoms with van der Waals surface area (Å²) in [5.74, 6) is -0.239. The van der Waals surface area contributed by atoms with Crippen molar-refractivity contribution in [3.05, 3.63) is 71.0 Å². The van der Waals surface area contributed by atoms with Crippen molar-refractivity contribution in [1.29, 1.82) is 0 Å². The predicted molar refractivity (Wildman–Crippen MR) is 65.3 cm³/mol. The second kappa shape index (κ2) is 4.67. The van der Waals surface area contributed by atoms with Gasteiger partial charge in [-0.3, -0.25) is 0 Å². The van der Waals surface area contributed by atoms with Gasteiger partial charge in [0, 0.05) is 0 Å². The molecule has 16 heavy (non-hydrogen) atoms. The average Bonchev–Trinajstić information content (AvgIpc) is 2.29. The fourth-order valence-electron chi connectivity index (χ4n) is 1.65. The molecule has 0 spiro atoms. The molecule has 0 N–H and O–H groups in total. The summed E-state index contributed by atoms with van der Waals surface area (Å²) < 4.78 is 12.8. The van der Waals surface area contributed by atoms with Crippen LogP contribution in [0.3, 0.4) is 0 Å². The molecule has 2 aromatic carbocycles. The van der Waals surface area contributed by atoms with E-state index in [0.717, 1.165) is 11.1 Å². The Hall–Kier alpha value is -1.34. The minimum Gasteiger partial charge on any atom is -0.207 e. The molecule has 2 rings (SSSR count). The summed E-state index contributed by atoms with van der Waals surface area (Å²) in [5, 5.41) is -0.222. The van der Waals surface area contributed by atoms with Gasteiger partial charge in [0.05, 0.1) is 5.38 Å². The second-order valence-electron chi connectivity index (χ2n) is 3.83. The van der Waals surface area contributed by atoms with Crippen LogP contribution >= 0.6 is 11.6 Å². The molecule has 0 aliphatic carbocycles. The predicted octanol–water partition coefficient (Wildman–Crippen LogP) is 4.46. The van der Waals surface area contributed by atoms with E-state index in [-0.39, 0.29) is 11.2 Å². The fraction of sp³-hybridized carbons (Fsp3) is 0.143. The highest BCUT2D eigenvalue weighted by Crippen LogP contribution is 2.29. The SMILES string of the molecule is Cc1cccc(C(Cl)c2ccc(F)cc2)c1. The molecule has 0 bridgehead atoms. The topological polar surface area (TPSA) is 0 Å². The number of rotatable bonds is 2. The average molecular weight is 235 g/mol. The van der Waals surface area contributed by atoms with Crippen molar-refractivity contribution < 1.29 is 4.39 Å². The molecule has 0 radical (unpaired) electrons.